The molecule has 0 saturated heterocycles. The van der Waals surface area contributed by atoms with Gasteiger partial charge in [0.25, 0.3) is 0 Å². The molecule has 0 atom stereocenters. The molecule has 2 aromatic rings. The Morgan fingerprint density at radius 2 is 1.89 bits per heavy atom. The second-order valence-electron chi connectivity index (χ2n) is 4.13. The first-order valence-corrected chi connectivity index (χ1v) is 5.83. The molecule has 1 amide bonds. The van der Waals surface area contributed by atoms with Crippen molar-refractivity contribution in [3.05, 3.63) is 42.1 Å². The van der Waals surface area contributed by atoms with Crippen LogP contribution < -0.4 is 15.8 Å². The lowest BCUT2D eigenvalue weighted by atomic mass is 10.3. The van der Waals surface area contributed by atoms with Crippen molar-refractivity contribution in [1.29, 1.82) is 0 Å². The molecule has 1 heterocycles. The van der Waals surface area contributed by atoms with Crippen LogP contribution in [0.15, 0.2) is 36.4 Å². The van der Waals surface area contributed by atoms with Gasteiger partial charge in [-0.05, 0) is 37.3 Å². The number of hydrogen-bond donors (Lipinski definition) is 2. The second-order valence-corrected chi connectivity index (χ2v) is 4.13. The predicted molar refractivity (Wildman–Crippen MR) is 74.2 cm³/mol. The van der Waals surface area contributed by atoms with Crippen LogP contribution in [0.25, 0.3) is 0 Å². The third-order valence-electron chi connectivity index (χ3n) is 2.50. The summed E-state index contributed by atoms with van der Waals surface area (Å²) in [6, 6.07) is 10.5. The lowest BCUT2D eigenvalue weighted by molar-refractivity contribution is -0.114. The molecule has 0 aliphatic carbocycles. The lowest BCUT2D eigenvalue weighted by Crippen LogP contribution is -2.05. The number of nitrogens with one attached hydrogen (secondary N) is 1. The van der Waals surface area contributed by atoms with Crippen molar-refractivity contribution in [2.75, 3.05) is 11.1 Å². The Hall–Kier alpha value is -2.56. The molecule has 1 aromatic heterocycles. The van der Waals surface area contributed by atoms with E-state index >= 15 is 0 Å². The molecule has 0 spiro atoms. The fraction of sp³-hybridized carbons (Fsp3) is 0.143. The maximum Gasteiger partial charge on any atom is 0.221 e. The zero-order valence-electron chi connectivity index (χ0n) is 10.8. The van der Waals surface area contributed by atoms with E-state index in [2.05, 4.69) is 10.3 Å². The zero-order valence-corrected chi connectivity index (χ0v) is 10.8. The molecule has 0 saturated carbocycles. The van der Waals surface area contributed by atoms with Gasteiger partial charge in [-0.2, -0.15) is 0 Å². The molecule has 0 bridgehead atoms. The van der Waals surface area contributed by atoms with E-state index in [1.807, 2.05) is 6.92 Å². The minimum absolute atomic E-state index is 0.107. The van der Waals surface area contributed by atoms with E-state index in [0.717, 1.165) is 11.4 Å². The van der Waals surface area contributed by atoms with Crippen LogP contribution in [0.1, 0.15) is 12.6 Å². The number of aromatic nitrogens is 1. The fourth-order valence-corrected chi connectivity index (χ4v) is 1.54. The molecule has 0 aliphatic heterocycles. The first-order valence-electron chi connectivity index (χ1n) is 5.83. The van der Waals surface area contributed by atoms with Crippen molar-refractivity contribution >= 4 is 17.3 Å². The van der Waals surface area contributed by atoms with Crippen LogP contribution >= 0.6 is 0 Å². The van der Waals surface area contributed by atoms with Crippen molar-refractivity contribution in [3.8, 4) is 11.6 Å². The summed E-state index contributed by atoms with van der Waals surface area (Å²) in [4.78, 5) is 15.1. The fourth-order valence-electron chi connectivity index (χ4n) is 1.54. The minimum atomic E-state index is -0.107. The third-order valence-corrected chi connectivity index (χ3v) is 2.50. The number of ether oxygens (including phenoxy) is 1. The van der Waals surface area contributed by atoms with Crippen LogP contribution in [0.2, 0.25) is 0 Å². The average Bonchev–Trinajstić information content (AvgIpc) is 2.36. The Balaban J connectivity index is 2.10. The number of nitrogens with zero attached hydrogens (tertiary/aromatic N) is 1. The summed E-state index contributed by atoms with van der Waals surface area (Å²) in [7, 11) is 0. The second kappa shape index (κ2) is 5.39. The number of amides is 1. The molecule has 5 nitrogen and oxygen atoms in total. The molecule has 3 N–H and O–H groups in total. The van der Waals surface area contributed by atoms with E-state index in [1.165, 1.54) is 6.92 Å². The van der Waals surface area contributed by atoms with E-state index in [0.29, 0.717) is 17.3 Å². The first kappa shape index (κ1) is 12.9. The number of carbonyl (C=O) groups excluding carboxylic acids is 1. The minimum Gasteiger partial charge on any atom is -0.439 e. The van der Waals surface area contributed by atoms with Crippen LogP contribution in [0.3, 0.4) is 0 Å². The molecule has 19 heavy (non-hydrogen) atoms. The highest BCUT2D eigenvalue weighted by Crippen LogP contribution is 2.23. The number of pyridine rings is 1. The largest absolute Gasteiger partial charge is 0.439 e. The lowest BCUT2D eigenvalue weighted by Gasteiger charge is -2.07. The van der Waals surface area contributed by atoms with Crippen molar-refractivity contribution in [2.24, 2.45) is 0 Å². The van der Waals surface area contributed by atoms with Crippen LogP contribution in [0, 0.1) is 6.92 Å². The van der Waals surface area contributed by atoms with E-state index in [1.54, 1.807) is 36.4 Å². The monoisotopic (exact) mass is 257 g/mol. The van der Waals surface area contributed by atoms with Gasteiger partial charge in [0.2, 0.25) is 11.8 Å². The number of hydrogen-bond acceptors (Lipinski definition) is 4. The first-order chi connectivity index (χ1) is 9.04. The van der Waals surface area contributed by atoms with Crippen LogP contribution in [0.4, 0.5) is 11.4 Å². The number of aryl methyl sites for hydroxylation is 1. The van der Waals surface area contributed by atoms with Crippen LogP contribution in [-0.4, -0.2) is 10.9 Å². The quantitative estimate of drug-likeness (QED) is 0.886. The highest BCUT2D eigenvalue weighted by molar-refractivity contribution is 5.88. The van der Waals surface area contributed by atoms with Crippen LogP contribution in [-0.2, 0) is 4.79 Å². The number of anilines is 2. The van der Waals surface area contributed by atoms with E-state index in [-0.39, 0.29) is 5.91 Å². The number of carbonyl (C=O) groups is 1. The van der Waals surface area contributed by atoms with Crippen LogP contribution in [0.5, 0.6) is 11.6 Å². The average molecular weight is 257 g/mol. The topological polar surface area (TPSA) is 77.2 Å². The van der Waals surface area contributed by atoms with Gasteiger partial charge in [0.05, 0.1) is 11.4 Å². The van der Waals surface area contributed by atoms with Gasteiger partial charge in [0.1, 0.15) is 5.75 Å². The number of nitrogen functional groups attached to an aromatic ring is 1. The van der Waals surface area contributed by atoms with Gasteiger partial charge in [-0.25, -0.2) is 4.98 Å². The van der Waals surface area contributed by atoms with E-state index < -0.39 is 0 Å². The van der Waals surface area contributed by atoms with Crippen molar-refractivity contribution in [3.63, 3.8) is 0 Å². The van der Waals surface area contributed by atoms with Gasteiger partial charge >= 0.3 is 0 Å². The Labute approximate surface area is 111 Å². The number of rotatable bonds is 3. The van der Waals surface area contributed by atoms with Gasteiger partial charge in [-0.15, -0.1) is 0 Å². The van der Waals surface area contributed by atoms with Gasteiger partial charge < -0.3 is 15.8 Å². The summed E-state index contributed by atoms with van der Waals surface area (Å²) in [6.45, 7) is 3.29. The summed E-state index contributed by atoms with van der Waals surface area (Å²) in [6.07, 6.45) is 0. The number of nitrogens with two attached hydrogens (primary N) is 1. The van der Waals surface area contributed by atoms with Gasteiger partial charge in [0.15, 0.2) is 0 Å². The van der Waals surface area contributed by atoms with Crippen molar-refractivity contribution < 1.29 is 9.53 Å². The Morgan fingerprint density at radius 3 is 2.47 bits per heavy atom. The Bertz CT molecular complexity index is 594. The highest BCUT2D eigenvalue weighted by Gasteiger charge is 2.02. The number of benzene rings is 1. The summed E-state index contributed by atoms with van der Waals surface area (Å²) >= 11 is 0. The van der Waals surface area contributed by atoms with Crippen molar-refractivity contribution in [1.82, 2.24) is 4.98 Å². The molecule has 2 rings (SSSR count). The standard InChI is InChI=1S/C14H15N3O2/c1-9-13(15)7-8-14(16-9)19-12-5-3-11(4-6-12)17-10(2)18/h3-8H,15H2,1-2H3,(H,17,18). The smallest absolute Gasteiger partial charge is 0.221 e. The third kappa shape index (κ3) is 3.45. The Kier molecular flexibility index (Phi) is 3.66. The molecule has 98 valence electrons. The Morgan fingerprint density at radius 1 is 1.21 bits per heavy atom. The molecular weight excluding hydrogens is 242 g/mol. The van der Waals surface area contributed by atoms with E-state index in [9.17, 15) is 4.79 Å². The molecule has 0 aliphatic rings. The molecule has 0 unspecified atom stereocenters. The summed E-state index contributed by atoms with van der Waals surface area (Å²) in [5.41, 5.74) is 7.78. The van der Waals surface area contributed by atoms with Gasteiger partial charge in [-0.1, -0.05) is 0 Å². The summed E-state index contributed by atoms with van der Waals surface area (Å²) < 4.78 is 5.59. The zero-order chi connectivity index (χ0) is 13.8. The van der Waals surface area contributed by atoms with E-state index in [4.69, 9.17) is 10.5 Å². The maximum atomic E-state index is 10.9. The molecular formula is C14H15N3O2. The normalized spacial score (nSPS) is 10.0. The predicted octanol–water partition coefficient (Wildman–Crippen LogP) is 2.72. The SMILES string of the molecule is CC(=O)Nc1ccc(Oc2ccc(N)c(C)n2)cc1. The van der Waals surface area contributed by atoms with Gasteiger partial charge in [-0.3, -0.25) is 4.79 Å². The van der Waals surface area contributed by atoms with Crippen molar-refractivity contribution in [2.45, 2.75) is 13.8 Å². The molecule has 1 aromatic carbocycles. The summed E-state index contributed by atoms with van der Waals surface area (Å²) in [5, 5.41) is 2.69. The molecule has 0 fully saturated rings. The maximum absolute atomic E-state index is 10.9. The molecule has 0 radical (unpaired) electrons. The highest BCUT2D eigenvalue weighted by atomic mass is 16.5. The molecule has 5 heteroatoms. The van der Waals surface area contributed by atoms with Gasteiger partial charge in [0, 0.05) is 18.7 Å². The summed E-state index contributed by atoms with van der Waals surface area (Å²) in [5.74, 6) is 1.02.